The van der Waals surface area contributed by atoms with Crippen LogP contribution < -0.4 is 10.6 Å². The van der Waals surface area contributed by atoms with Crippen molar-refractivity contribution in [1.82, 2.24) is 15.2 Å². The molecule has 0 spiro atoms. The predicted octanol–water partition coefficient (Wildman–Crippen LogP) is 1.17. The van der Waals surface area contributed by atoms with Crippen molar-refractivity contribution < 1.29 is 0 Å². The van der Waals surface area contributed by atoms with Gasteiger partial charge >= 0.3 is 0 Å². The monoisotopic (exact) mass is 249 g/mol. The lowest BCUT2D eigenvalue weighted by molar-refractivity contribution is 0.270. The molecule has 2 rings (SSSR count). The van der Waals surface area contributed by atoms with Crippen LogP contribution in [0.5, 0.6) is 0 Å². The summed E-state index contributed by atoms with van der Waals surface area (Å²) in [6.07, 6.45) is 4.04. The fourth-order valence-electron chi connectivity index (χ4n) is 2.50. The first kappa shape index (κ1) is 13.2. The Balaban J connectivity index is 2.03. The van der Waals surface area contributed by atoms with Crippen LogP contribution in [0.15, 0.2) is 0 Å². The van der Waals surface area contributed by atoms with Gasteiger partial charge in [-0.05, 0) is 31.6 Å². The van der Waals surface area contributed by atoms with Gasteiger partial charge in [0.2, 0.25) is 5.95 Å². The van der Waals surface area contributed by atoms with Crippen LogP contribution in [0, 0.1) is 5.92 Å². The molecule has 18 heavy (non-hydrogen) atoms. The minimum atomic E-state index is 0.399. The summed E-state index contributed by atoms with van der Waals surface area (Å²) >= 11 is 0. The molecule has 1 aliphatic rings. The van der Waals surface area contributed by atoms with E-state index >= 15 is 0 Å². The molecule has 1 heterocycles. The summed E-state index contributed by atoms with van der Waals surface area (Å²) in [4.78, 5) is 6.71. The number of anilines is 1. The van der Waals surface area contributed by atoms with Crippen LogP contribution in [0.4, 0.5) is 5.95 Å². The molecule has 1 saturated carbocycles. The highest BCUT2D eigenvalue weighted by atomic mass is 15.3. The van der Waals surface area contributed by atoms with Gasteiger partial charge in [0.25, 0.3) is 0 Å². The van der Waals surface area contributed by atoms with E-state index in [0.717, 1.165) is 49.6 Å². The summed E-state index contributed by atoms with van der Waals surface area (Å²) in [6.45, 7) is 5.17. The predicted molar refractivity (Wildman–Crippen MR) is 72.6 cm³/mol. The van der Waals surface area contributed by atoms with Gasteiger partial charge in [0.1, 0.15) is 0 Å². The molecule has 0 aliphatic heterocycles. The normalized spacial score (nSPS) is 22.7. The van der Waals surface area contributed by atoms with Crippen molar-refractivity contribution in [1.29, 1.82) is 0 Å². The van der Waals surface area contributed by atoms with Gasteiger partial charge in [-0.1, -0.05) is 13.8 Å². The highest BCUT2D eigenvalue weighted by Gasteiger charge is 2.27. The molecule has 1 aliphatic carbocycles. The lowest BCUT2D eigenvalue weighted by Crippen LogP contribution is -2.42. The molecular formula is C13H23N5. The van der Waals surface area contributed by atoms with Gasteiger partial charge in [0.05, 0.1) is 11.4 Å². The first-order valence-electron chi connectivity index (χ1n) is 6.83. The zero-order valence-electron chi connectivity index (χ0n) is 11.6. The van der Waals surface area contributed by atoms with E-state index in [2.05, 4.69) is 33.9 Å². The van der Waals surface area contributed by atoms with E-state index in [9.17, 15) is 0 Å². The second-order valence-electron chi connectivity index (χ2n) is 5.19. The first-order chi connectivity index (χ1) is 8.63. The van der Waals surface area contributed by atoms with Gasteiger partial charge in [-0.15, -0.1) is 5.10 Å². The molecule has 5 heteroatoms. The maximum atomic E-state index is 5.80. The summed E-state index contributed by atoms with van der Waals surface area (Å²) < 4.78 is 0. The van der Waals surface area contributed by atoms with E-state index in [0.29, 0.717) is 12.0 Å². The topological polar surface area (TPSA) is 67.9 Å². The lowest BCUT2D eigenvalue weighted by atomic mass is 9.81. The van der Waals surface area contributed by atoms with Crippen molar-refractivity contribution in [3.63, 3.8) is 0 Å². The number of nitrogens with zero attached hydrogens (tertiary/aromatic N) is 4. The maximum Gasteiger partial charge on any atom is 0.245 e. The van der Waals surface area contributed by atoms with E-state index in [1.807, 2.05) is 7.05 Å². The number of hydrogen-bond donors (Lipinski definition) is 1. The first-order valence-corrected chi connectivity index (χ1v) is 6.83. The van der Waals surface area contributed by atoms with Crippen LogP contribution in [-0.2, 0) is 12.8 Å². The standard InChI is InChI=1S/C13H23N5/c1-4-11-12(5-2)16-17-13(15-11)18(3)8-9-6-10(14)7-9/h9-10H,4-8,14H2,1-3H3. The van der Waals surface area contributed by atoms with Gasteiger partial charge in [0, 0.05) is 19.6 Å². The SMILES string of the molecule is CCc1nnc(N(C)CC2CC(N)C2)nc1CC. The summed E-state index contributed by atoms with van der Waals surface area (Å²) in [7, 11) is 2.03. The third kappa shape index (κ3) is 2.77. The summed E-state index contributed by atoms with van der Waals surface area (Å²) in [5, 5.41) is 8.50. The van der Waals surface area contributed by atoms with Gasteiger partial charge in [-0.3, -0.25) is 0 Å². The summed E-state index contributed by atoms with van der Waals surface area (Å²) in [6, 6.07) is 0.399. The van der Waals surface area contributed by atoms with Crippen LogP contribution in [0.3, 0.4) is 0 Å². The van der Waals surface area contributed by atoms with Gasteiger partial charge in [-0.25, -0.2) is 4.98 Å². The molecule has 0 aromatic carbocycles. The van der Waals surface area contributed by atoms with Gasteiger partial charge < -0.3 is 10.6 Å². The minimum absolute atomic E-state index is 0.399. The quantitative estimate of drug-likeness (QED) is 0.848. The lowest BCUT2D eigenvalue weighted by Gasteiger charge is -2.35. The van der Waals surface area contributed by atoms with Crippen LogP contribution in [0.2, 0.25) is 0 Å². The Labute approximate surface area is 109 Å². The Bertz CT molecular complexity index is 400. The molecule has 0 atom stereocenters. The summed E-state index contributed by atoms with van der Waals surface area (Å²) in [5.41, 5.74) is 7.89. The van der Waals surface area contributed by atoms with Crippen molar-refractivity contribution >= 4 is 5.95 Å². The van der Waals surface area contributed by atoms with E-state index in [1.54, 1.807) is 0 Å². The second-order valence-corrected chi connectivity index (χ2v) is 5.19. The third-order valence-corrected chi connectivity index (χ3v) is 3.64. The van der Waals surface area contributed by atoms with Crippen LogP contribution in [0.25, 0.3) is 0 Å². The molecule has 1 fully saturated rings. The van der Waals surface area contributed by atoms with Crippen LogP contribution in [0.1, 0.15) is 38.1 Å². The van der Waals surface area contributed by atoms with Crippen molar-refractivity contribution in [2.45, 2.75) is 45.6 Å². The minimum Gasteiger partial charge on any atom is -0.342 e. The molecule has 2 N–H and O–H groups in total. The molecule has 5 nitrogen and oxygen atoms in total. The van der Waals surface area contributed by atoms with Crippen LogP contribution in [-0.4, -0.2) is 34.8 Å². The van der Waals surface area contributed by atoms with Gasteiger partial charge in [-0.2, -0.15) is 5.10 Å². The molecule has 1 aromatic rings. The molecule has 0 bridgehead atoms. The average molecular weight is 249 g/mol. The molecule has 0 amide bonds. The molecule has 0 saturated heterocycles. The molecular weight excluding hydrogens is 226 g/mol. The van der Waals surface area contributed by atoms with Crippen LogP contribution >= 0.6 is 0 Å². The Morgan fingerprint density at radius 1 is 1.17 bits per heavy atom. The van der Waals surface area contributed by atoms with Crippen molar-refractivity contribution in [2.24, 2.45) is 11.7 Å². The van der Waals surface area contributed by atoms with Crippen molar-refractivity contribution in [3.8, 4) is 0 Å². The van der Waals surface area contributed by atoms with Gasteiger partial charge in [0.15, 0.2) is 0 Å². The van der Waals surface area contributed by atoms with E-state index in [4.69, 9.17) is 5.73 Å². The molecule has 1 aromatic heterocycles. The zero-order chi connectivity index (χ0) is 13.1. The number of hydrogen-bond acceptors (Lipinski definition) is 5. The second kappa shape index (κ2) is 5.61. The summed E-state index contributed by atoms with van der Waals surface area (Å²) in [5.74, 6) is 1.43. The highest BCUT2D eigenvalue weighted by molar-refractivity contribution is 5.29. The fraction of sp³-hybridized carbons (Fsp3) is 0.769. The van der Waals surface area contributed by atoms with Crippen molar-refractivity contribution in [2.75, 3.05) is 18.5 Å². The number of nitrogens with two attached hydrogens (primary N) is 1. The largest absolute Gasteiger partial charge is 0.342 e. The molecule has 100 valence electrons. The number of aryl methyl sites for hydroxylation is 2. The Morgan fingerprint density at radius 2 is 1.83 bits per heavy atom. The van der Waals surface area contributed by atoms with E-state index in [1.165, 1.54) is 0 Å². The number of rotatable bonds is 5. The maximum absolute atomic E-state index is 5.80. The molecule has 0 radical (unpaired) electrons. The van der Waals surface area contributed by atoms with Crippen molar-refractivity contribution in [3.05, 3.63) is 11.4 Å². The average Bonchev–Trinajstić information content (AvgIpc) is 2.35. The fourth-order valence-corrected chi connectivity index (χ4v) is 2.50. The zero-order valence-corrected chi connectivity index (χ0v) is 11.6. The Hall–Kier alpha value is -1.23. The Kier molecular flexibility index (Phi) is 4.11. The van der Waals surface area contributed by atoms with E-state index in [-0.39, 0.29) is 0 Å². The Morgan fingerprint density at radius 3 is 2.39 bits per heavy atom. The number of aromatic nitrogens is 3. The highest BCUT2D eigenvalue weighted by Crippen LogP contribution is 2.26. The third-order valence-electron chi connectivity index (χ3n) is 3.64. The smallest absolute Gasteiger partial charge is 0.245 e. The molecule has 0 unspecified atom stereocenters. The van der Waals surface area contributed by atoms with E-state index < -0.39 is 0 Å².